The number of anilines is 1. The minimum absolute atomic E-state index is 0.135. The summed E-state index contributed by atoms with van der Waals surface area (Å²) in [6.07, 6.45) is 0. The van der Waals surface area contributed by atoms with Gasteiger partial charge in [0.15, 0.2) is 28.4 Å². The van der Waals surface area contributed by atoms with Crippen LogP contribution in [0.5, 0.6) is 0 Å². The Balaban J connectivity index is 1.95. The zero-order valence-electron chi connectivity index (χ0n) is 10.7. The molecule has 0 saturated carbocycles. The molecule has 0 aliphatic rings. The molecule has 1 heterocycles. The molecule has 2 aromatic carbocycles. The number of fused-ring (bicyclic) bond motifs is 1. The largest absolute Gasteiger partial charge is 0.298 e. The van der Waals surface area contributed by atoms with Gasteiger partial charge in [0, 0.05) is 0 Å². The molecule has 0 aliphatic heterocycles. The molecule has 0 spiro atoms. The van der Waals surface area contributed by atoms with E-state index in [4.69, 9.17) is 0 Å². The fourth-order valence-corrected chi connectivity index (χ4v) is 2.69. The molecule has 0 saturated heterocycles. The highest BCUT2D eigenvalue weighted by atomic mass is 32.1. The van der Waals surface area contributed by atoms with E-state index in [-0.39, 0.29) is 5.13 Å². The van der Waals surface area contributed by atoms with E-state index in [9.17, 15) is 22.4 Å². The quantitative estimate of drug-likeness (QED) is 0.437. The molecule has 1 aromatic heterocycles. The number of aromatic nitrogens is 1. The summed E-state index contributed by atoms with van der Waals surface area (Å²) in [5.74, 6) is -8.51. The Kier molecular flexibility index (Phi) is 3.53. The summed E-state index contributed by atoms with van der Waals surface area (Å²) >= 11 is 1.11. The van der Waals surface area contributed by atoms with Gasteiger partial charge in [0.2, 0.25) is 0 Å². The van der Waals surface area contributed by atoms with Crippen LogP contribution in [0, 0.1) is 23.3 Å². The van der Waals surface area contributed by atoms with E-state index < -0.39 is 34.7 Å². The Morgan fingerprint density at radius 2 is 1.77 bits per heavy atom. The smallest absolute Gasteiger partial charge is 0.260 e. The van der Waals surface area contributed by atoms with E-state index in [0.717, 1.165) is 16.0 Å². The Morgan fingerprint density at radius 1 is 1.05 bits per heavy atom. The lowest BCUT2D eigenvalue weighted by molar-refractivity contribution is 0.102. The van der Waals surface area contributed by atoms with Crippen LogP contribution in [0.3, 0.4) is 0 Å². The third-order valence-electron chi connectivity index (χ3n) is 2.86. The highest BCUT2D eigenvalue weighted by molar-refractivity contribution is 7.22. The number of hydrogen-bond acceptors (Lipinski definition) is 3. The van der Waals surface area contributed by atoms with Crippen LogP contribution in [0.4, 0.5) is 22.7 Å². The molecule has 1 N–H and O–H groups in total. The summed E-state index contributed by atoms with van der Waals surface area (Å²) in [6, 6.07) is 7.30. The fraction of sp³-hybridized carbons (Fsp3) is 0. The lowest BCUT2D eigenvalue weighted by Crippen LogP contribution is -2.16. The monoisotopic (exact) mass is 326 g/mol. The standard InChI is InChI=1S/C14H6F4N2OS/c15-7-5-6(10(16)12(18)11(7)17)13(21)20-14-19-8-3-1-2-4-9(8)22-14/h1-5H,(H,19,20,21). The van der Waals surface area contributed by atoms with E-state index in [0.29, 0.717) is 11.6 Å². The lowest BCUT2D eigenvalue weighted by Gasteiger charge is -2.05. The number of rotatable bonds is 2. The predicted octanol–water partition coefficient (Wildman–Crippen LogP) is 4.11. The van der Waals surface area contributed by atoms with Crippen LogP contribution < -0.4 is 5.32 Å². The average molecular weight is 326 g/mol. The molecule has 0 fully saturated rings. The van der Waals surface area contributed by atoms with Crippen LogP contribution in [0.15, 0.2) is 30.3 Å². The first-order chi connectivity index (χ1) is 10.5. The molecular weight excluding hydrogens is 320 g/mol. The van der Waals surface area contributed by atoms with Crippen LogP contribution in [0.2, 0.25) is 0 Å². The van der Waals surface area contributed by atoms with Crippen LogP contribution in [0.1, 0.15) is 10.4 Å². The van der Waals surface area contributed by atoms with Gasteiger partial charge in [-0.3, -0.25) is 10.1 Å². The summed E-state index contributed by atoms with van der Waals surface area (Å²) in [4.78, 5) is 16.0. The Labute approximate surface area is 125 Å². The molecule has 112 valence electrons. The summed E-state index contributed by atoms with van der Waals surface area (Å²) in [6.45, 7) is 0. The number of nitrogens with one attached hydrogen (secondary N) is 1. The molecule has 3 rings (SSSR count). The Bertz CT molecular complexity index is 861. The zero-order valence-corrected chi connectivity index (χ0v) is 11.5. The third kappa shape index (κ3) is 2.41. The van der Waals surface area contributed by atoms with E-state index in [2.05, 4.69) is 10.3 Å². The maximum atomic E-state index is 13.5. The number of carbonyl (C=O) groups is 1. The maximum absolute atomic E-state index is 13.5. The van der Waals surface area contributed by atoms with Gasteiger partial charge >= 0.3 is 0 Å². The van der Waals surface area contributed by atoms with Gasteiger partial charge in [0.05, 0.1) is 15.8 Å². The van der Waals surface area contributed by atoms with Crippen molar-refractivity contribution < 1.29 is 22.4 Å². The molecule has 8 heteroatoms. The first-order valence-corrected chi connectivity index (χ1v) is 6.79. The van der Waals surface area contributed by atoms with Crippen molar-refractivity contribution in [3.63, 3.8) is 0 Å². The molecule has 0 radical (unpaired) electrons. The maximum Gasteiger partial charge on any atom is 0.260 e. The molecule has 22 heavy (non-hydrogen) atoms. The predicted molar refractivity (Wildman–Crippen MR) is 73.8 cm³/mol. The van der Waals surface area contributed by atoms with Crippen LogP contribution in [-0.4, -0.2) is 10.9 Å². The van der Waals surface area contributed by atoms with Gasteiger partial charge in [-0.2, -0.15) is 0 Å². The van der Waals surface area contributed by atoms with Crippen LogP contribution in [0.25, 0.3) is 10.2 Å². The van der Waals surface area contributed by atoms with Crippen molar-refractivity contribution in [3.8, 4) is 0 Å². The summed E-state index contributed by atoms with van der Waals surface area (Å²) in [5, 5.41) is 2.37. The summed E-state index contributed by atoms with van der Waals surface area (Å²) < 4.78 is 53.4. The van der Waals surface area contributed by atoms with Crippen molar-refractivity contribution in [2.75, 3.05) is 5.32 Å². The molecule has 3 nitrogen and oxygen atoms in total. The first-order valence-electron chi connectivity index (χ1n) is 5.97. The van der Waals surface area contributed by atoms with Crippen molar-refractivity contribution in [2.24, 2.45) is 0 Å². The third-order valence-corrected chi connectivity index (χ3v) is 3.81. The molecule has 1 amide bonds. The Hall–Kier alpha value is -2.48. The number of para-hydroxylation sites is 1. The average Bonchev–Trinajstić information content (AvgIpc) is 2.90. The zero-order chi connectivity index (χ0) is 15.9. The van der Waals surface area contributed by atoms with Gasteiger partial charge in [-0.25, -0.2) is 22.5 Å². The molecule has 0 bridgehead atoms. The van der Waals surface area contributed by atoms with E-state index in [1.54, 1.807) is 24.3 Å². The minimum Gasteiger partial charge on any atom is -0.298 e. The van der Waals surface area contributed by atoms with E-state index >= 15 is 0 Å². The fourth-order valence-electron chi connectivity index (χ4n) is 1.83. The second-order valence-electron chi connectivity index (χ2n) is 4.29. The van der Waals surface area contributed by atoms with Crippen molar-refractivity contribution in [2.45, 2.75) is 0 Å². The number of hydrogen-bond donors (Lipinski definition) is 1. The second-order valence-corrected chi connectivity index (χ2v) is 5.32. The molecule has 0 atom stereocenters. The summed E-state index contributed by atoms with van der Waals surface area (Å²) in [7, 11) is 0. The molecule has 3 aromatic rings. The van der Waals surface area contributed by atoms with Gasteiger partial charge in [-0.05, 0) is 18.2 Å². The number of halogens is 4. The molecule has 0 aliphatic carbocycles. The molecule has 0 unspecified atom stereocenters. The van der Waals surface area contributed by atoms with E-state index in [1.807, 2.05) is 0 Å². The normalized spacial score (nSPS) is 10.9. The van der Waals surface area contributed by atoms with Gasteiger partial charge in [-0.15, -0.1) is 0 Å². The minimum atomic E-state index is -2.03. The Morgan fingerprint density at radius 3 is 2.50 bits per heavy atom. The summed E-state index contributed by atoms with van der Waals surface area (Å²) in [5.41, 5.74) is -0.324. The van der Waals surface area contributed by atoms with Gasteiger partial charge in [0.25, 0.3) is 5.91 Å². The van der Waals surface area contributed by atoms with Crippen LogP contribution in [-0.2, 0) is 0 Å². The highest BCUT2D eigenvalue weighted by Gasteiger charge is 2.23. The van der Waals surface area contributed by atoms with Crippen molar-refractivity contribution >= 4 is 32.6 Å². The van der Waals surface area contributed by atoms with E-state index in [1.165, 1.54) is 0 Å². The number of benzene rings is 2. The number of nitrogens with zero attached hydrogens (tertiary/aromatic N) is 1. The topological polar surface area (TPSA) is 42.0 Å². The van der Waals surface area contributed by atoms with Gasteiger partial charge < -0.3 is 0 Å². The second kappa shape index (κ2) is 5.38. The van der Waals surface area contributed by atoms with Crippen molar-refractivity contribution in [1.29, 1.82) is 0 Å². The first kappa shape index (κ1) is 14.5. The SMILES string of the molecule is O=C(Nc1nc2ccccc2s1)c1cc(F)c(F)c(F)c1F. The lowest BCUT2D eigenvalue weighted by atomic mass is 10.1. The van der Waals surface area contributed by atoms with Crippen LogP contribution >= 0.6 is 11.3 Å². The van der Waals surface area contributed by atoms with Crippen molar-refractivity contribution in [1.82, 2.24) is 4.98 Å². The van der Waals surface area contributed by atoms with Gasteiger partial charge in [0.1, 0.15) is 0 Å². The number of thiazole rings is 1. The number of amides is 1. The molecular formula is C14H6F4N2OS. The van der Waals surface area contributed by atoms with Gasteiger partial charge in [-0.1, -0.05) is 23.5 Å². The number of carbonyl (C=O) groups excluding carboxylic acids is 1. The highest BCUT2D eigenvalue weighted by Crippen LogP contribution is 2.26. The van der Waals surface area contributed by atoms with Crippen molar-refractivity contribution in [3.05, 3.63) is 59.2 Å².